The highest BCUT2D eigenvalue weighted by molar-refractivity contribution is 7.90. The molecule has 0 aliphatic heterocycles. The SMILES string of the molecule is C=CC(C)C(C)(NC(=O)OC(C)(C)C)C(=O)NS(=O)(=O)C1CC1. The molecular formula is C15H26N2O5S. The van der Waals surface area contributed by atoms with Crippen LogP contribution in [-0.2, 0) is 19.6 Å². The number of rotatable bonds is 6. The second-order valence-electron chi connectivity index (χ2n) is 7.03. The molecule has 1 fully saturated rings. The lowest BCUT2D eigenvalue weighted by Gasteiger charge is -2.34. The van der Waals surface area contributed by atoms with Gasteiger partial charge in [0, 0.05) is 5.92 Å². The molecule has 2 amide bonds. The van der Waals surface area contributed by atoms with E-state index in [1.54, 1.807) is 27.7 Å². The Morgan fingerprint density at radius 1 is 1.26 bits per heavy atom. The predicted molar refractivity (Wildman–Crippen MR) is 87.2 cm³/mol. The summed E-state index contributed by atoms with van der Waals surface area (Å²) in [7, 11) is -3.71. The molecular weight excluding hydrogens is 320 g/mol. The number of sulfonamides is 1. The largest absolute Gasteiger partial charge is 0.444 e. The van der Waals surface area contributed by atoms with Crippen LogP contribution in [0.4, 0.5) is 4.79 Å². The van der Waals surface area contributed by atoms with Crippen LogP contribution in [0.15, 0.2) is 12.7 Å². The van der Waals surface area contributed by atoms with E-state index in [1.165, 1.54) is 13.0 Å². The summed E-state index contributed by atoms with van der Waals surface area (Å²) in [6, 6.07) is 0. The molecule has 0 aromatic carbocycles. The third-order valence-corrected chi connectivity index (χ3v) is 5.51. The minimum atomic E-state index is -3.71. The summed E-state index contributed by atoms with van der Waals surface area (Å²) in [5, 5.41) is 1.94. The topological polar surface area (TPSA) is 102 Å². The molecule has 0 spiro atoms. The molecule has 0 radical (unpaired) electrons. The summed E-state index contributed by atoms with van der Waals surface area (Å²) in [4.78, 5) is 24.5. The van der Waals surface area contributed by atoms with Crippen LogP contribution in [0.25, 0.3) is 0 Å². The second-order valence-corrected chi connectivity index (χ2v) is 8.99. The standard InChI is InChI=1S/C15H26N2O5S/c1-7-10(2)15(6,16-13(19)22-14(3,4)5)12(18)17-23(20,21)11-8-9-11/h7,10-11H,1,8-9H2,2-6H3,(H,16,19)(H,17,18). The first-order valence-corrected chi connectivity index (χ1v) is 9.06. The summed E-state index contributed by atoms with van der Waals surface area (Å²) in [6.45, 7) is 11.8. The van der Waals surface area contributed by atoms with Crippen molar-refractivity contribution in [3.05, 3.63) is 12.7 Å². The zero-order chi connectivity index (χ0) is 18.1. The maximum atomic E-state index is 12.5. The van der Waals surface area contributed by atoms with Crippen LogP contribution < -0.4 is 10.0 Å². The van der Waals surface area contributed by atoms with Crippen molar-refractivity contribution >= 4 is 22.0 Å². The van der Waals surface area contributed by atoms with E-state index in [0.717, 1.165) is 0 Å². The van der Waals surface area contributed by atoms with Crippen molar-refractivity contribution in [1.29, 1.82) is 0 Å². The highest BCUT2D eigenvalue weighted by atomic mass is 32.2. The Hall–Kier alpha value is -1.57. The molecule has 1 aliphatic carbocycles. The molecule has 2 unspecified atom stereocenters. The molecule has 2 atom stereocenters. The predicted octanol–water partition coefficient (Wildman–Crippen LogP) is 1.70. The molecule has 0 aromatic rings. The van der Waals surface area contributed by atoms with Crippen molar-refractivity contribution in [3.8, 4) is 0 Å². The summed E-state index contributed by atoms with van der Waals surface area (Å²) in [5.74, 6) is -1.31. The fourth-order valence-electron chi connectivity index (χ4n) is 1.83. The zero-order valence-corrected chi connectivity index (χ0v) is 15.1. The van der Waals surface area contributed by atoms with Crippen molar-refractivity contribution in [2.24, 2.45) is 5.92 Å². The molecule has 23 heavy (non-hydrogen) atoms. The van der Waals surface area contributed by atoms with Crippen molar-refractivity contribution in [2.45, 2.75) is 63.9 Å². The summed E-state index contributed by atoms with van der Waals surface area (Å²) in [5.41, 5.74) is -2.23. The number of hydrogen-bond donors (Lipinski definition) is 2. The van der Waals surface area contributed by atoms with Gasteiger partial charge in [-0.1, -0.05) is 13.0 Å². The third-order valence-electron chi connectivity index (χ3n) is 3.69. The van der Waals surface area contributed by atoms with Gasteiger partial charge in [-0.25, -0.2) is 13.2 Å². The Kier molecular flexibility index (Phi) is 5.51. The van der Waals surface area contributed by atoms with Crippen molar-refractivity contribution in [2.75, 3.05) is 0 Å². The number of nitrogens with one attached hydrogen (secondary N) is 2. The van der Waals surface area contributed by atoms with E-state index in [4.69, 9.17) is 4.74 Å². The average molecular weight is 346 g/mol. The van der Waals surface area contributed by atoms with E-state index in [2.05, 4.69) is 16.6 Å². The maximum Gasteiger partial charge on any atom is 0.408 e. The van der Waals surface area contributed by atoms with Crippen LogP contribution in [0, 0.1) is 5.92 Å². The van der Waals surface area contributed by atoms with Gasteiger partial charge in [-0.3, -0.25) is 9.52 Å². The van der Waals surface area contributed by atoms with E-state index < -0.39 is 44.3 Å². The Morgan fingerprint density at radius 2 is 1.78 bits per heavy atom. The lowest BCUT2D eigenvalue weighted by Crippen LogP contribution is -2.61. The fourth-order valence-corrected chi connectivity index (χ4v) is 3.22. The van der Waals surface area contributed by atoms with E-state index >= 15 is 0 Å². The molecule has 0 bridgehead atoms. The Morgan fingerprint density at radius 3 is 2.17 bits per heavy atom. The molecule has 2 N–H and O–H groups in total. The molecule has 1 rings (SSSR count). The fraction of sp³-hybridized carbons (Fsp3) is 0.733. The Balaban J connectivity index is 2.95. The molecule has 132 valence electrons. The molecule has 0 saturated heterocycles. The first-order valence-electron chi connectivity index (χ1n) is 7.51. The van der Waals surface area contributed by atoms with E-state index in [9.17, 15) is 18.0 Å². The second kappa shape index (κ2) is 6.51. The normalized spacial score (nSPS) is 19.2. The number of carbonyl (C=O) groups excluding carboxylic acids is 2. The van der Waals surface area contributed by atoms with Gasteiger partial charge in [0.05, 0.1) is 5.25 Å². The van der Waals surface area contributed by atoms with Gasteiger partial charge in [0.2, 0.25) is 10.0 Å². The van der Waals surface area contributed by atoms with Gasteiger partial charge in [-0.2, -0.15) is 0 Å². The van der Waals surface area contributed by atoms with Gasteiger partial charge in [-0.05, 0) is 40.5 Å². The Labute approximate surface area is 137 Å². The number of hydrogen-bond acceptors (Lipinski definition) is 5. The van der Waals surface area contributed by atoms with Crippen LogP contribution in [0.2, 0.25) is 0 Å². The van der Waals surface area contributed by atoms with Gasteiger partial charge >= 0.3 is 6.09 Å². The van der Waals surface area contributed by atoms with Gasteiger partial charge in [0.25, 0.3) is 5.91 Å². The van der Waals surface area contributed by atoms with Crippen molar-refractivity contribution in [1.82, 2.24) is 10.0 Å². The lowest BCUT2D eigenvalue weighted by atomic mass is 9.86. The highest BCUT2D eigenvalue weighted by Crippen LogP contribution is 2.28. The summed E-state index contributed by atoms with van der Waals surface area (Å²) in [6.07, 6.45) is 1.75. The van der Waals surface area contributed by atoms with Crippen LogP contribution in [0.5, 0.6) is 0 Å². The van der Waals surface area contributed by atoms with Crippen LogP contribution in [0.3, 0.4) is 0 Å². The lowest BCUT2D eigenvalue weighted by molar-refractivity contribution is -0.126. The molecule has 1 saturated carbocycles. The van der Waals surface area contributed by atoms with Gasteiger partial charge in [-0.15, -0.1) is 6.58 Å². The molecule has 0 heterocycles. The maximum absolute atomic E-state index is 12.5. The van der Waals surface area contributed by atoms with Crippen molar-refractivity contribution < 1.29 is 22.7 Å². The quantitative estimate of drug-likeness (QED) is 0.713. The van der Waals surface area contributed by atoms with E-state index in [-0.39, 0.29) is 0 Å². The smallest absolute Gasteiger partial charge is 0.408 e. The number of ether oxygens (including phenoxy) is 1. The first-order chi connectivity index (χ1) is 10.3. The average Bonchev–Trinajstić information content (AvgIpc) is 3.18. The third kappa shape index (κ3) is 5.23. The number of carbonyl (C=O) groups is 2. The highest BCUT2D eigenvalue weighted by Gasteiger charge is 2.45. The first kappa shape index (κ1) is 19.5. The summed E-state index contributed by atoms with van der Waals surface area (Å²) >= 11 is 0. The molecule has 0 aromatic heterocycles. The summed E-state index contributed by atoms with van der Waals surface area (Å²) < 4.78 is 31.2. The van der Waals surface area contributed by atoms with Crippen molar-refractivity contribution in [3.63, 3.8) is 0 Å². The van der Waals surface area contributed by atoms with Gasteiger partial charge < -0.3 is 10.1 Å². The van der Waals surface area contributed by atoms with Crippen LogP contribution >= 0.6 is 0 Å². The number of amides is 2. The van der Waals surface area contributed by atoms with Gasteiger partial charge in [0.1, 0.15) is 11.1 Å². The minimum Gasteiger partial charge on any atom is -0.444 e. The monoisotopic (exact) mass is 346 g/mol. The van der Waals surface area contributed by atoms with Crippen LogP contribution in [0.1, 0.15) is 47.5 Å². The van der Waals surface area contributed by atoms with E-state index in [1.807, 2.05) is 0 Å². The Bertz CT molecular complexity index is 589. The molecule has 7 nitrogen and oxygen atoms in total. The molecule has 8 heteroatoms. The zero-order valence-electron chi connectivity index (χ0n) is 14.3. The van der Waals surface area contributed by atoms with Gasteiger partial charge in [0.15, 0.2) is 0 Å². The van der Waals surface area contributed by atoms with Crippen LogP contribution in [-0.4, -0.2) is 36.8 Å². The number of alkyl carbamates (subject to hydrolysis) is 1. The minimum absolute atomic E-state index is 0.510. The molecule has 1 aliphatic rings. The van der Waals surface area contributed by atoms with E-state index in [0.29, 0.717) is 12.8 Å².